The van der Waals surface area contributed by atoms with Crippen LogP contribution in [0.15, 0.2) is 24.3 Å². The maximum atomic E-state index is 13.0. The van der Waals surface area contributed by atoms with Crippen molar-refractivity contribution in [3.63, 3.8) is 0 Å². The van der Waals surface area contributed by atoms with Gasteiger partial charge in [0.25, 0.3) is 0 Å². The van der Waals surface area contributed by atoms with E-state index < -0.39 is 94.3 Å². The number of epoxide rings is 1. The lowest BCUT2D eigenvalue weighted by atomic mass is 9.52. The SMILES string of the molecule is C=C1/C=C/[C@H](OC(=O)CCC)[C@@]2(C)[C@H]3O[C@H]3[C@@H](OC(=O)CCC)[C@@](C)(O)[C@@H]2C(OC(C)=O)[C@]2(O)[C@@H](C)C(=O)O[C@H]2[C@H]1Cl. The number of hydrogen-bond acceptors (Lipinski definition) is 11. The molecule has 4 rings (SSSR count). The molecule has 1 saturated carbocycles. The second-order valence-corrected chi connectivity index (χ2v) is 12.7. The molecular weight excluding hydrogens is 572 g/mol. The first-order valence-corrected chi connectivity index (χ1v) is 14.9. The van der Waals surface area contributed by atoms with Crippen LogP contribution in [0.5, 0.6) is 0 Å². The van der Waals surface area contributed by atoms with Crippen LogP contribution in [-0.4, -0.2) is 87.3 Å². The molecule has 4 aliphatic rings. The van der Waals surface area contributed by atoms with Gasteiger partial charge >= 0.3 is 23.9 Å². The highest BCUT2D eigenvalue weighted by Crippen LogP contribution is 2.63. The third-order valence-electron chi connectivity index (χ3n) is 9.25. The molecule has 0 aromatic carbocycles. The van der Waals surface area contributed by atoms with E-state index in [4.69, 9.17) is 35.3 Å². The third-order valence-corrected chi connectivity index (χ3v) is 9.76. The summed E-state index contributed by atoms with van der Waals surface area (Å²) < 4.78 is 29.3. The molecule has 0 bridgehead atoms. The smallest absolute Gasteiger partial charge is 0.312 e. The summed E-state index contributed by atoms with van der Waals surface area (Å²) in [5.41, 5.74) is -5.50. The molecule has 2 heterocycles. The molecule has 0 spiro atoms. The van der Waals surface area contributed by atoms with Crippen molar-refractivity contribution in [3.8, 4) is 0 Å². The van der Waals surface area contributed by atoms with Gasteiger partial charge in [0.15, 0.2) is 17.8 Å². The number of rotatable bonds is 7. The Kier molecular flexibility index (Phi) is 8.93. The fourth-order valence-electron chi connectivity index (χ4n) is 7.08. The molecule has 0 amide bonds. The highest BCUT2D eigenvalue weighted by Gasteiger charge is 2.79. The summed E-state index contributed by atoms with van der Waals surface area (Å²) in [6.07, 6.45) is -2.76. The van der Waals surface area contributed by atoms with E-state index >= 15 is 0 Å². The third kappa shape index (κ3) is 5.16. The first-order chi connectivity index (χ1) is 19.6. The fourth-order valence-corrected chi connectivity index (χ4v) is 7.40. The number of aliphatic hydroxyl groups is 2. The Morgan fingerprint density at radius 1 is 1.02 bits per heavy atom. The van der Waals surface area contributed by atoms with Gasteiger partial charge in [-0.2, -0.15) is 0 Å². The number of hydrogen-bond donors (Lipinski definition) is 2. The van der Waals surface area contributed by atoms with E-state index in [2.05, 4.69) is 6.58 Å². The zero-order valence-electron chi connectivity index (χ0n) is 24.8. The average molecular weight is 613 g/mol. The van der Waals surface area contributed by atoms with Gasteiger partial charge in [-0.25, -0.2) is 0 Å². The average Bonchev–Trinajstić information content (AvgIpc) is 3.67. The van der Waals surface area contributed by atoms with Crippen molar-refractivity contribution in [1.29, 1.82) is 0 Å². The topological polar surface area (TPSA) is 158 Å². The highest BCUT2D eigenvalue weighted by molar-refractivity contribution is 6.23. The second kappa shape index (κ2) is 11.6. The van der Waals surface area contributed by atoms with Gasteiger partial charge in [-0.15, -0.1) is 11.6 Å². The zero-order chi connectivity index (χ0) is 31.4. The van der Waals surface area contributed by atoms with Gasteiger partial charge in [-0.3, -0.25) is 19.2 Å². The Balaban J connectivity index is 2.00. The molecule has 2 N–H and O–H groups in total. The molecule has 3 fully saturated rings. The molecule has 1 unspecified atom stereocenters. The van der Waals surface area contributed by atoms with Crippen molar-refractivity contribution in [2.45, 2.75) is 120 Å². The molecule has 234 valence electrons. The van der Waals surface area contributed by atoms with Crippen LogP contribution in [0.2, 0.25) is 0 Å². The van der Waals surface area contributed by atoms with Gasteiger partial charge in [0.1, 0.15) is 23.9 Å². The van der Waals surface area contributed by atoms with Gasteiger partial charge in [0.05, 0.1) is 17.4 Å². The molecule has 42 heavy (non-hydrogen) atoms. The van der Waals surface area contributed by atoms with E-state index in [1.165, 1.54) is 19.9 Å². The van der Waals surface area contributed by atoms with Gasteiger partial charge in [0.2, 0.25) is 0 Å². The summed E-state index contributed by atoms with van der Waals surface area (Å²) in [6.45, 7) is 13.2. The number of carbonyl (C=O) groups is 4. The molecule has 2 aliphatic heterocycles. The Morgan fingerprint density at radius 3 is 2.19 bits per heavy atom. The van der Waals surface area contributed by atoms with E-state index in [0.717, 1.165) is 6.92 Å². The molecule has 0 aromatic heterocycles. The second-order valence-electron chi connectivity index (χ2n) is 12.2. The minimum absolute atomic E-state index is 0.0840. The summed E-state index contributed by atoms with van der Waals surface area (Å²) in [5.74, 6) is -5.34. The lowest BCUT2D eigenvalue weighted by Gasteiger charge is -2.57. The first kappa shape index (κ1) is 32.4. The number of halogens is 1. The Hall–Kier alpha value is -2.47. The van der Waals surface area contributed by atoms with Crippen LogP contribution < -0.4 is 0 Å². The van der Waals surface area contributed by atoms with Gasteiger partial charge in [-0.05, 0) is 38.3 Å². The van der Waals surface area contributed by atoms with Crippen molar-refractivity contribution >= 4 is 35.5 Å². The fraction of sp³-hybridized carbons (Fsp3) is 0.733. The summed E-state index contributed by atoms with van der Waals surface area (Å²) >= 11 is 6.75. The highest BCUT2D eigenvalue weighted by atomic mass is 35.5. The molecule has 12 atom stereocenters. The number of esters is 4. The number of alkyl halides is 1. The molecule has 0 aromatic rings. The van der Waals surface area contributed by atoms with Crippen LogP contribution in [0.3, 0.4) is 0 Å². The molecule has 2 aliphatic carbocycles. The predicted molar refractivity (Wildman–Crippen MR) is 148 cm³/mol. The molecule has 11 nitrogen and oxygen atoms in total. The zero-order valence-corrected chi connectivity index (χ0v) is 25.6. The van der Waals surface area contributed by atoms with Gasteiger partial charge in [0, 0.05) is 31.1 Å². The minimum atomic E-state index is -2.29. The summed E-state index contributed by atoms with van der Waals surface area (Å²) in [7, 11) is 0. The van der Waals surface area contributed by atoms with Crippen molar-refractivity contribution < 1.29 is 53.1 Å². The van der Waals surface area contributed by atoms with Crippen molar-refractivity contribution in [2.24, 2.45) is 17.3 Å². The Morgan fingerprint density at radius 2 is 1.62 bits per heavy atom. The number of carbonyl (C=O) groups excluding carboxylic acids is 4. The maximum absolute atomic E-state index is 13.0. The van der Waals surface area contributed by atoms with Crippen LogP contribution in [0.25, 0.3) is 0 Å². The standard InChI is InChI=1S/C30H41ClO11/c1-8-10-18(33)39-17-13-12-14(3)20(31)23-30(37,15(4)27(35)42-23)26(38-16(5)32)22-28(17,6)24-21(41-24)25(29(22,7)36)40-19(34)11-9-2/h12-13,15,17,20-26,36-37H,3,8-11H2,1-2,4-7H3/b13-12+/t15-,17-,20-,21+,22+,23-,24-,25+,26?,28+,29-,30-/m0/s1. The molecule has 12 heteroatoms. The summed E-state index contributed by atoms with van der Waals surface area (Å²) in [6, 6.07) is 0. The number of fused-ring (bicyclic) bond motifs is 4. The first-order valence-electron chi connectivity index (χ1n) is 14.4. The lowest BCUT2D eigenvalue weighted by Crippen LogP contribution is -2.73. The van der Waals surface area contributed by atoms with Gasteiger partial charge < -0.3 is 33.9 Å². The summed E-state index contributed by atoms with van der Waals surface area (Å²) in [5, 5.41) is 23.8. The van der Waals surface area contributed by atoms with Crippen molar-refractivity contribution in [1.82, 2.24) is 0 Å². The van der Waals surface area contributed by atoms with E-state index in [0.29, 0.717) is 12.8 Å². The van der Waals surface area contributed by atoms with E-state index in [1.54, 1.807) is 19.9 Å². The van der Waals surface area contributed by atoms with E-state index in [9.17, 15) is 29.4 Å². The molecule has 2 saturated heterocycles. The number of ether oxygens (including phenoxy) is 5. The lowest BCUT2D eigenvalue weighted by molar-refractivity contribution is -0.258. The van der Waals surface area contributed by atoms with Crippen molar-refractivity contribution in [2.75, 3.05) is 0 Å². The van der Waals surface area contributed by atoms with Crippen LogP contribution in [-0.2, 0) is 42.9 Å². The Labute approximate surface area is 250 Å². The van der Waals surface area contributed by atoms with Crippen LogP contribution >= 0.6 is 11.6 Å². The van der Waals surface area contributed by atoms with E-state index in [1.807, 2.05) is 6.92 Å². The normalized spacial score (nSPS) is 44.9. The van der Waals surface area contributed by atoms with E-state index in [-0.39, 0.29) is 18.4 Å². The van der Waals surface area contributed by atoms with Crippen molar-refractivity contribution in [3.05, 3.63) is 24.3 Å². The Bertz CT molecular complexity index is 1170. The largest absolute Gasteiger partial charge is 0.459 e. The molecular formula is C30H41ClO11. The van der Waals surface area contributed by atoms with Crippen LogP contribution in [0.4, 0.5) is 0 Å². The molecule has 0 radical (unpaired) electrons. The maximum Gasteiger partial charge on any atom is 0.312 e. The minimum Gasteiger partial charge on any atom is -0.459 e. The number of allylic oxidation sites excluding steroid dienone is 1. The quantitative estimate of drug-likeness (QED) is 0.188. The predicted octanol–water partition coefficient (Wildman–Crippen LogP) is 2.52. The van der Waals surface area contributed by atoms with Crippen LogP contribution in [0, 0.1) is 17.3 Å². The monoisotopic (exact) mass is 612 g/mol. The summed E-state index contributed by atoms with van der Waals surface area (Å²) in [4.78, 5) is 51.3. The van der Waals surface area contributed by atoms with Gasteiger partial charge in [-0.1, -0.05) is 33.4 Å². The van der Waals surface area contributed by atoms with Crippen LogP contribution in [0.1, 0.15) is 67.2 Å².